The van der Waals surface area contributed by atoms with Gasteiger partial charge in [0.1, 0.15) is 5.82 Å². The lowest BCUT2D eigenvalue weighted by Gasteiger charge is -2.08. The van der Waals surface area contributed by atoms with Crippen molar-refractivity contribution in [2.75, 3.05) is 5.32 Å². The lowest BCUT2D eigenvalue weighted by molar-refractivity contribution is 0.630. The first-order valence-electron chi connectivity index (χ1n) is 5.39. The number of anilines is 1. The van der Waals surface area contributed by atoms with Gasteiger partial charge in [0, 0.05) is 11.6 Å². The van der Waals surface area contributed by atoms with Crippen LogP contribution in [0.4, 0.5) is 10.1 Å². The summed E-state index contributed by atoms with van der Waals surface area (Å²) in [4.78, 5) is 0. The number of halogens is 2. The average molecular weight is 250 g/mol. The van der Waals surface area contributed by atoms with Crippen LogP contribution in [-0.4, -0.2) is 0 Å². The van der Waals surface area contributed by atoms with Crippen LogP contribution in [-0.2, 0) is 6.54 Å². The molecule has 17 heavy (non-hydrogen) atoms. The van der Waals surface area contributed by atoms with Crippen molar-refractivity contribution >= 4 is 17.3 Å². The third-order valence-corrected chi connectivity index (χ3v) is 2.77. The molecule has 0 bridgehead atoms. The lowest BCUT2D eigenvalue weighted by atomic mass is 10.1. The molecule has 3 heteroatoms. The van der Waals surface area contributed by atoms with Gasteiger partial charge in [-0.2, -0.15) is 0 Å². The first kappa shape index (κ1) is 11.9. The summed E-state index contributed by atoms with van der Waals surface area (Å²) in [6.45, 7) is 2.63. The van der Waals surface area contributed by atoms with Crippen LogP contribution in [0.5, 0.6) is 0 Å². The highest BCUT2D eigenvalue weighted by atomic mass is 35.5. The van der Waals surface area contributed by atoms with E-state index < -0.39 is 0 Å². The highest BCUT2D eigenvalue weighted by molar-refractivity contribution is 6.30. The van der Waals surface area contributed by atoms with Crippen molar-refractivity contribution in [3.8, 4) is 0 Å². The quantitative estimate of drug-likeness (QED) is 0.850. The first-order valence-corrected chi connectivity index (χ1v) is 5.77. The predicted octanol–water partition coefficient (Wildman–Crippen LogP) is 4.40. The van der Waals surface area contributed by atoms with Crippen molar-refractivity contribution in [1.29, 1.82) is 0 Å². The van der Waals surface area contributed by atoms with Crippen molar-refractivity contribution in [2.24, 2.45) is 0 Å². The number of aryl methyl sites for hydroxylation is 1. The Morgan fingerprint density at radius 3 is 2.47 bits per heavy atom. The fraction of sp³-hybridized carbons (Fsp3) is 0.143. The topological polar surface area (TPSA) is 12.0 Å². The van der Waals surface area contributed by atoms with E-state index in [1.165, 1.54) is 11.6 Å². The molecule has 0 saturated heterocycles. The van der Waals surface area contributed by atoms with Gasteiger partial charge in [-0.1, -0.05) is 41.4 Å². The molecule has 0 unspecified atom stereocenters. The van der Waals surface area contributed by atoms with Crippen LogP contribution in [0.25, 0.3) is 0 Å². The second-order valence-corrected chi connectivity index (χ2v) is 4.40. The normalized spacial score (nSPS) is 10.3. The summed E-state index contributed by atoms with van der Waals surface area (Å²) in [6, 6.07) is 12.7. The summed E-state index contributed by atoms with van der Waals surface area (Å²) in [6.07, 6.45) is 0. The number of hydrogen-bond donors (Lipinski definition) is 1. The molecule has 0 spiro atoms. The van der Waals surface area contributed by atoms with Gasteiger partial charge in [0.15, 0.2) is 0 Å². The molecule has 0 aromatic heterocycles. The highest BCUT2D eigenvalue weighted by Gasteiger charge is 2.02. The van der Waals surface area contributed by atoms with Crippen LogP contribution < -0.4 is 5.32 Å². The van der Waals surface area contributed by atoms with Gasteiger partial charge in [-0.3, -0.25) is 0 Å². The number of rotatable bonds is 3. The Labute approximate surface area is 105 Å². The van der Waals surface area contributed by atoms with E-state index in [9.17, 15) is 4.39 Å². The zero-order valence-electron chi connectivity index (χ0n) is 9.50. The molecule has 88 valence electrons. The molecule has 0 atom stereocenters. The van der Waals surface area contributed by atoms with Gasteiger partial charge in [0.2, 0.25) is 0 Å². The van der Waals surface area contributed by atoms with Gasteiger partial charge in [0.05, 0.1) is 5.69 Å². The van der Waals surface area contributed by atoms with Gasteiger partial charge >= 0.3 is 0 Å². The second-order valence-electron chi connectivity index (χ2n) is 3.96. The van der Waals surface area contributed by atoms with E-state index >= 15 is 0 Å². The molecule has 0 radical (unpaired) electrons. The van der Waals surface area contributed by atoms with Gasteiger partial charge in [-0.05, 0) is 30.7 Å². The smallest absolute Gasteiger partial charge is 0.147 e. The zero-order valence-corrected chi connectivity index (χ0v) is 10.3. The average Bonchev–Trinajstić information content (AvgIpc) is 2.30. The van der Waals surface area contributed by atoms with Crippen LogP contribution in [0.15, 0.2) is 42.5 Å². The summed E-state index contributed by atoms with van der Waals surface area (Å²) in [5.74, 6) is -0.329. The molecule has 0 fully saturated rings. The summed E-state index contributed by atoms with van der Waals surface area (Å²) < 4.78 is 13.5. The summed E-state index contributed by atoms with van der Waals surface area (Å²) in [5.41, 5.74) is 2.80. The minimum atomic E-state index is -0.329. The van der Waals surface area contributed by atoms with Crippen LogP contribution in [0.1, 0.15) is 11.1 Å². The molecule has 1 N–H and O–H groups in total. The molecule has 2 aromatic carbocycles. The Bertz CT molecular complexity index is 508. The maximum atomic E-state index is 13.5. The molecule has 0 heterocycles. The molecule has 2 rings (SSSR count). The molecule has 0 aliphatic carbocycles. The SMILES string of the molecule is Cc1ccc(CNc2ccc(Cl)cc2F)cc1. The van der Waals surface area contributed by atoms with E-state index in [-0.39, 0.29) is 5.82 Å². The number of benzene rings is 2. The van der Waals surface area contributed by atoms with Gasteiger partial charge < -0.3 is 5.32 Å². The molecular formula is C14H13ClFN. The van der Waals surface area contributed by atoms with E-state index in [1.807, 2.05) is 31.2 Å². The molecular weight excluding hydrogens is 237 g/mol. The van der Waals surface area contributed by atoms with Crippen LogP contribution >= 0.6 is 11.6 Å². The molecule has 1 nitrogen and oxygen atoms in total. The largest absolute Gasteiger partial charge is 0.379 e. The highest BCUT2D eigenvalue weighted by Crippen LogP contribution is 2.19. The van der Waals surface area contributed by atoms with Crippen molar-refractivity contribution in [2.45, 2.75) is 13.5 Å². The fourth-order valence-corrected chi connectivity index (χ4v) is 1.69. The maximum Gasteiger partial charge on any atom is 0.147 e. The van der Waals surface area contributed by atoms with Crippen LogP contribution in [0.3, 0.4) is 0 Å². The minimum Gasteiger partial charge on any atom is -0.379 e. The van der Waals surface area contributed by atoms with Crippen molar-refractivity contribution in [3.05, 3.63) is 64.4 Å². The number of nitrogens with one attached hydrogen (secondary N) is 1. The maximum absolute atomic E-state index is 13.5. The van der Waals surface area contributed by atoms with E-state index in [0.717, 1.165) is 5.56 Å². The Hall–Kier alpha value is -1.54. The molecule has 0 aliphatic heterocycles. The van der Waals surface area contributed by atoms with Gasteiger partial charge in [0.25, 0.3) is 0 Å². The minimum absolute atomic E-state index is 0.329. The third kappa shape index (κ3) is 3.21. The van der Waals surface area contributed by atoms with Crippen LogP contribution in [0.2, 0.25) is 5.02 Å². The lowest BCUT2D eigenvalue weighted by Crippen LogP contribution is -2.01. The van der Waals surface area contributed by atoms with E-state index in [1.54, 1.807) is 12.1 Å². The summed E-state index contributed by atoms with van der Waals surface area (Å²) >= 11 is 5.68. The zero-order chi connectivity index (χ0) is 12.3. The Morgan fingerprint density at radius 2 is 1.82 bits per heavy atom. The van der Waals surface area contributed by atoms with Crippen LogP contribution in [0, 0.1) is 12.7 Å². The van der Waals surface area contributed by atoms with E-state index in [0.29, 0.717) is 17.3 Å². The predicted molar refractivity (Wildman–Crippen MR) is 69.9 cm³/mol. The van der Waals surface area contributed by atoms with Crippen molar-refractivity contribution in [3.63, 3.8) is 0 Å². The molecule has 0 amide bonds. The van der Waals surface area contributed by atoms with E-state index in [4.69, 9.17) is 11.6 Å². The Kier molecular flexibility index (Phi) is 3.64. The Balaban J connectivity index is 2.04. The summed E-state index contributed by atoms with van der Waals surface area (Å²) in [7, 11) is 0. The monoisotopic (exact) mass is 249 g/mol. The summed E-state index contributed by atoms with van der Waals surface area (Å²) in [5, 5.41) is 3.45. The van der Waals surface area contributed by atoms with E-state index in [2.05, 4.69) is 5.32 Å². The number of hydrogen-bond acceptors (Lipinski definition) is 1. The molecule has 2 aromatic rings. The van der Waals surface area contributed by atoms with Crippen molar-refractivity contribution in [1.82, 2.24) is 0 Å². The first-order chi connectivity index (χ1) is 8.15. The third-order valence-electron chi connectivity index (χ3n) is 2.53. The van der Waals surface area contributed by atoms with Gasteiger partial charge in [-0.15, -0.1) is 0 Å². The van der Waals surface area contributed by atoms with Gasteiger partial charge in [-0.25, -0.2) is 4.39 Å². The fourth-order valence-electron chi connectivity index (χ4n) is 1.54. The standard InChI is InChI=1S/C14H13ClFN/c1-10-2-4-11(5-3-10)9-17-14-7-6-12(15)8-13(14)16/h2-8,17H,9H2,1H3. The second kappa shape index (κ2) is 5.19. The Morgan fingerprint density at radius 1 is 1.12 bits per heavy atom. The molecule has 0 aliphatic rings. The molecule has 0 saturated carbocycles. The van der Waals surface area contributed by atoms with Crippen molar-refractivity contribution < 1.29 is 4.39 Å².